The van der Waals surface area contributed by atoms with Crippen LogP contribution >= 0.6 is 0 Å². The van der Waals surface area contributed by atoms with Gasteiger partial charge in [-0.1, -0.05) is 36.4 Å². The Morgan fingerprint density at radius 2 is 2.00 bits per heavy atom. The molecule has 0 amide bonds. The number of nitrogens with zero attached hydrogens (tertiary/aromatic N) is 2. The second-order valence-corrected chi connectivity index (χ2v) is 6.47. The van der Waals surface area contributed by atoms with E-state index in [4.69, 9.17) is 4.74 Å². The van der Waals surface area contributed by atoms with Crippen molar-refractivity contribution in [1.82, 2.24) is 4.90 Å². The van der Waals surface area contributed by atoms with Gasteiger partial charge in [0, 0.05) is 17.8 Å². The van der Waals surface area contributed by atoms with Crippen LogP contribution in [-0.2, 0) is 18.0 Å². The first-order valence-electron chi connectivity index (χ1n) is 8.34. The highest BCUT2D eigenvalue weighted by atomic mass is 16.5. The van der Waals surface area contributed by atoms with E-state index in [1.807, 2.05) is 6.21 Å². The van der Waals surface area contributed by atoms with Crippen LogP contribution in [-0.4, -0.2) is 24.7 Å². The molecule has 0 bridgehead atoms. The minimum Gasteiger partial charge on any atom is -0.372 e. The molecule has 4 rings (SSSR count). The Kier molecular flexibility index (Phi) is 3.98. The summed E-state index contributed by atoms with van der Waals surface area (Å²) in [6.07, 6.45) is 4.52. The van der Waals surface area contributed by atoms with Gasteiger partial charge in [0.25, 0.3) is 0 Å². The summed E-state index contributed by atoms with van der Waals surface area (Å²) in [5, 5.41) is 0. The second-order valence-electron chi connectivity index (χ2n) is 6.47. The molecule has 3 heteroatoms. The molecule has 2 aromatic carbocycles. The van der Waals surface area contributed by atoms with E-state index in [9.17, 15) is 0 Å². The molecule has 1 fully saturated rings. The number of aliphatic imine (C=N–C) groups is 1. The van der Waals surface area contributed by atoms with Crippen LogP contribution in [0.2, 0.25) is 0 Å². The standard InChI is InChI=1S/C20H22N2O/c1-22-11-3-6-20(22)16-9-7-15(8-10-16)12-21-19-5-2-4-17-13-23-14-18(17)19/h2,4-5,7-10,12,20H,3,6,11,13-14H2,1H3. The maximum atomic E-state index is 5.51. The lowest BCUT2D eigenvalue weighted by Gasteiger charge is -2.19. The first kappa shape index (κ1) is 14.6. The predicted molar refractivity (Wildman–Crippen MR) is 93.2 cm³/mol. The monoisotopic (exact) mass is 306 g/mol. The summed E-state index contributed by atoms with van der Waals surface area (Å²) >= 11 is 0. The highest BCUT2D eigenvalue weighted by Gasteiger charge is 2.22. The lowest BCUT2D eigenvalue weighted by molar-refractivity contribution is 0.134. The molecule has 0 saturated carbocycles. The molecule has 0 aromatic heterocycles. The summed E-state index contributed by atoms with van der Waals surface area (Å²) in [6, 6.07) is 15.6. The van der Waals surface area contributed by atoms with Gasteiger partial charge in [-0.3, -0.25) is 9.89 Å². The summed E-state index contributed by atoms with van der Waals surface area (Å²) in [6.45, 7) is 2.59. The largest absolute Gasteiger partial charge is 0.372 e. The Bertz CT molecular complexity index is 721. The Balaban J connectivity index is 1.52. The Labute approximate surface area is 137 Å². The summed E-state index contributed by atoms with van der Waals surface area (Å²) < 4.78 is 5.51. The lowest BCUT2D eigenvalue weighted by atomic mass is 10.0. The number of fused-ring (bicyclic) bond motifs is 1. The minimum absolute atomic E-state index is 0.579. The van der Waals surface area contributed by atoms with Crippen molar-refractivity contribution >= 4 is 11.9 Å². The average Bonchev–Trinajstić information content (AvgIpc) is 3.22. The summed E-state index contributed by atoms with van der Waals surface area (Å²) in [7, 11) is 2.21. The van der Waals surface area contributed by atoms with E-state index in [0.29, 0.717) is 19.3 Å². The van der Waals surface area contributed by atoms with Crippen LogP contribution in [0.15, 0.2) is 47.5 Å². The van der Waals surface area contributed by atoms with Crippen molar-refractivity contribution in [3.05, 3.63) is 64.7 Å². The predicted octanol–water partition coefficient (Wildman–Crippen LogP) is 4.23. The zero-order chi connectivity index (χ0) is 15.6. The maximum Gasteiger partial charge on any atom is 0.0746 e. The number of ether oxygens (including phenoxy) is 1. The molecule has 118 valence electrons. The molecule has 0 radical (unpaired) electrons. The smallest absolute Gasteiger partial charge is 0.0746 e. The number of rotatable bonds is 3. The lowest BCUT2D eigenvalue weighted by Crippen LogP contribution is -2.17. The van der Waals surface area contributed by atoms with Crippen molar-refractivity contribution in [1.29, 1.82) is 0 Å². The molecule has 3 nitrogen and oxygen atoms in total. The van der Waals surface area contributed by atoms with Crippen molar-refractivity contribution in [3.63, 3.8) is 0 Å². The molecule has 1 saturated heterocycles. The third-order valence-corrected chi connectivity index (χ3v) is 4.95. The fourth-order valence-corrected chi connectivity index (χ4v) is 3.59. The van der Waals surface area contributed by atoms with E-state index in [1.165, 1.54) is 36.1 Å². The van der Waals surface area contributed by atoms with Crippen LogP contribution in [0.5, 0.6) is 0 Å². The number of benzene rings is 2. The number of likely N-dealkylation sites (tertiary alicyclic amines) is 1. The third-order valence-electron chi connectivity index (χ3n) is 4.95. The minimum atomic E-state index is 0.579. The molecular formula is C20H22N2O. The number of hydrogen-bond donors (Lipinski definition) is 0. The SMILES string of the molecule is CN1CCCC1c1ccc(C=Nc2cccc3c2COC3)cc1. The van der Waals surface area contributed by atoms with Gasteiger partial charge in [-0.25, -0.2) is 0 Å². The van der Waals surface area contributed by atoms with Crippen LogP contribution < -0.4 is 0 Å². The Morgan fingerprint density at radius 3 is 2.78 bits per heavy atom. The van der Waals surface area contributed by atoms with Crippen LogP contribution in [0.25, 0.3) is 0 Å². The van der Waals surface area contributed by atoms with Crippen LogP contribution in [0, 0.1) is 0 Å². The molecule has 2 heterocycles. The van der Waals surface area contributed by atoms with Gasteiger partial charge in [-0.2, -0.15) is 0 Å². The molecule has 1 atom stereocenters. The molecule has 2 aliphatic rings. The van der Waals surface area contributed by atoms with Crippen LogP contribution in [0.1, 0.15) is 41.1 Å². The molecule has 0 spiro atoms. The van der Waals surface area contributed by atoms with Gasteiger partial charge in [0.2, 0.25) is 0 Å². The van der Waals surface area contributed by atoms with E-state index >= 15 is 0 Å². The zero-order valence-corrected chi connectivity index (χ0v) is 13.5. The molecule has 1 unspecified atom stereocenters. The zero-order valence-electron chi connectivity index (χ0n) is 13.5. The highest BCUT2D eigenvalue weighted by Crippen LogP contribution is 2.31. The van der Waals surface area contributed by atoms with E-state index in [2.05, 4.69) is 59.4 Å². The van der Waals surface area contributed by atoms with E-state index in [1.54, 1.807) is 0 Å². The van der Waals surface area contributed by atoms with Crippen molar-refractivity contribution in [2.24, 2.45) is 4.99 Å². The van der Waals surface area contributed by atoms with Gasteiger partial charge in [0.05, 0.1) is 18.9 Å². The molecule has 0 N–H and O–H groups in total. The maximum absolute atomic E-state index is 5.51. The van der Waals surface area contributed by atoms with Gasteiger partial charge in [0.15, 0.2) is 0 Å². The van der Waals surface area contributed by atoms with Crippen LogP contribution in [0.4, 0.5) is 5.69 Å². The normalized spacial score (nSPS) is 21.2. The summed E-state index contributed by atoms with van der Waals surface area (Å²) in [5.41, 5.74) is 6.08. The summed E-state index contributed by atoms with van der Waals surface area (Å²) in [4.78, 5) is 7.12. The van der Waals surface area contributed by atoms with E-state index in [0.717, 1.165) is 11.3 Å². The Hall–Kier alpha value is -1.97. The molecule has 0 aliphatic carbocycles. The molecule has 23 heavy (non-hydrogen) atoms. The first-order valence-corrected chi connectivity index (χ1v) is 8.34. The fourth-order valence-electron chi connectivity index (χ4n) is 3.59. The van der Waals surface area contributed by atoms with Gasteiger partial charge in [0.1, 0.15) is 0 Å². The van der Waals surface area contributed by atoms with Crippen molar-refractivity contribution in [2.75, 3.05) is 13.6 Å². The van der Waals surface area contributed by atoms with Gasteiger partial charge in [-0.05, 0) is 49.2 Å². The summed E-state index contributed by atoms with van der Waals surface area (Å²) in [5.74, 6) is 0. The topological polar surface area (TPSA) is 24.8 Å². The number of hydrogen-bond acceptors (Lipinski definition) is 3. The molecular weight excluding hydrogens is 284 g/mol. The Morgan fingerprint density at radius 1 is 1.13 bits per heavy atom. The van der Waals surface area contributed by atoms with Crippen LogP contribution in [0.3, 0.4) is 0 Å². The third kappa shape index (κ3) is 2.94. The van der Waals surface area contributed by atoms with Crippen molar-refractivity contribution in [2.45, 2.75) is 32.1 Å². The van der Waals surface area contributed by atoms with Gasteiger partial charge in [-0.15, -0.1) is 0 Å². The van der Waals surface area contributed by atoms with Gasteiger partial charge < -0.3 is 4.74 Å². The molecule has 2 aliphatic heterocycles. The molecule has 2 aromatic rings. The van der Waals surface area contributed by atoms with E-state index in [-0.39, 0.29) is 0 Å². The van der Waals surface area contributed by atoms with Gasteiger partial charge >= 0.3 is 0 Å². The van der Waals surface area contributed by atoms with E-state index < -0.39 is 0 Å². The average molecular weight is 306 g/mol. The van der Waals surface area contributed by atoms with Crippen molar-refractivity contribution in [3.8, 4) is 0 Å². The quantitative estimate of drug-likeness (QED) is 0.793. The second kappa shape index (κ2) is 6.26. The first-order chi connectivity index (χ1) is 11.3. The highest BCUT2D eigenvalue weighted by molar-refractivity contribution is 5.82. The fraction of sp³-hybridized carbons (Fsp3) is 0.350. The van der Waals surface area contributed by atoms with Crippen molar-refractivity contribution < 1.29 is 4.74 Å².